The SMILES string of the molecule is CC(C)(C)c1c(-c2ccccc2)nc2n1CCS2. The molecule has 0 spiro atoms. The summed E-state index contributed by atoms with van der Waals surface area (Å²) in [5.74, 6) is 1.15. The van der Waals surface area contributed by atoms with E-state index >= 15 is 0 Å². The van der Waals surface area contributed by atoms with Gasteiger partial charge in [0.2, 0.25) is 0 Å². The lowest BCUT2D eigenvalue weighted by Crippen LogP contribution is -2.18. The number of imidazole rings is 1. The molecule has 0 atom stereocenters. The van der Waals surface area contributed by atoms with Crippen LogP contribution in [0.2, 0.25) is 0 Å². The van der Waals surface area contributed by atoms with Crippen LogP contribution < -0.4 is 0 Å². The Bertz CT molecular complexity index is 564. The topological polar surface area (TPSA) is 17.8 Å². The fourth-order valence-corrected chi connectivity index (χ4v) is 3.49. The number of fused-ring (bicyclic) bond motifs is 1. The number of hydrogen-bond acceptors (Lipinski definition) is 2. The van der Waals surface area contributed by atoms with Crippen molar-refractivity contribution < 1.29 is 0 Å². The van der Waals surface area contributed by atoms with Gasteiger partial charge in [0.15, 0.2) is 5.16 Å². The van der Waals surface area contributed by atoms with Crippen LogP contribution in [0, 0.1) is 0 Å². The number of thioether (sulfide) groups is 1. The summed E-state index contributed by atoms with van der Waals surface area (Å²) >= 11 is 1.87. The summed E-state index contributed by atoms with van der Waals surface area (Å²) in [6.45, 7) is 7.90. The molecule has 3 rings (SSSR count). The Morgan fingerprint density at radius 3 is 2.56 bits per heavy atom. The summed E-state index contributed by atoms with van der Waals surface area (Å²) in [6.07, 6.45) is 0. The lowest BCUT2D eigenvalue weighted by atomic mass is 9.88. The van der Waals surface area contributed by atoms with Crippen LogP contribution in [0.25, 0.3) is 11.3 Å². The number of aromatic nitrogens is 2. The van der Waals surface area contributed by atoms with Gasteiger partial charge in [0, 0.05) is 23.3 Å². The van der Waals surface area contributed by atoms with Crippen molar-refractivity contribution in [3.8, 4) is 11.3 Å². The first kappa shape index (κ1) is 11.8. The highest BCUT2D eigenvalue weighted by Gasteiger charge is 2.29. The van der Waals surface area contributed by atoms with Gasteiger partial charge in [-0.25, -0.2) is 4.98 Å². The monoisotopic (exact) mass is 258 g/mol. The number of hydrogen-bond donors (Lipinski definition) is 0. The average molecular weight is 258 g/mol. The summed E-state index contributed by atoms with van der Waals surface area (Å²) in [7, 11) is 0. The predicted molar refractivity (Wildman–Crippen MR) is 77.1 cm³/mol. The van der Waals surface area contributed by atoms with Crippen LogP contribution in [0.1, 0.15) is 26.5 Å². The van der Waals surface area contributed by atoms with Crippen molar-refractivity contribution in [1.29, 1.82) is 0 Å². The molecular weight excluding hydrogens is 240 g/mol. The minimum absolute atomic E-state index is 0.126. The fraction of sp³-hybridized carbons (Fsp3) is 0.400. The molecule has 2 nitrogen and oxygen atoms in total. The highest BCUT2D eigenvalue weighted by atomic mass is 32.2. The van der Waals surface area contributed by atoms with E-state index in [1.54, 1.807) is 0 Å². The predicted octanol–water partition coefficient (Wildman–Crippen LogP) is 3.95. The standard InChI is InChI=1S/C15H18N2S/c1-15(2,3)13-12(11-7-5-4-6-8-11)16-14-17(13)9-10-18-14/h4-8H,9-10H2,1-3H3. The van der Waals surface area contributed by atoms with E-state index in [9.17, 15) is 0 Å². The van der Waals surface area contributed by atoms with Crippen molar-refractivity contribution in [3.05, 3.63) is 36.0 Å². The maximum atomic E-state index is 4.85. The molecule has 0 fully saturated rings. The maximum absolute atomic E-state index is 4.85. The summed E-state index contributed by atoms with van der Waals surface area (Å²) in [5.41, 5.74) is 3.88. The zero-order chi connectivity index (χ0) is 12.8. The lowest BCUT2D eigenvalue weighted by molar-refractivity contribution is 0.519. The first-order chi connectivity index (χ1) is 8.57. The molecule has 0 saturated heterocycles. The highest BCUT2D eigenvalue weighted by molar-refractivity contribution is 7.99. The van der Waals surface area contributed by atoms with Crippen molar-refractivity contribution in [2.75, 3.05) is 5.75 Å². The van der Waals surface area contributed by atoms with Gasteiger partial charge in [-0.15, -0.1) is 0 Å². The van der Waals surface area contributed by atoms with E-state index in [2.05, 4.69) is 55.7 Å². The molecule has 0 N–H and O–H groups in total. The Hall–Kier alpha value is -1.22. The van der Waals surface area contributed by atoms with E-state index in [1.165, 1.54) is 16.4 Å². The minimum Gasteiger partial charge on any atom is -0.321 e. The molecule has 18 heavy (non-hydrogen) atoms. The highest BCUT2D eigenvalue weighted by Crippen LogP contribution is 2.38. The van der Waals surface area contributed by atoms with Crippen LogP contribution in [-0.2, 0) is 12.0 Å². The van der Waals surface area contributed by atoms with E-state index in [-0.39, 0.29) is 5.41 Å². The van der Waals surface area contributed by atoms with E-state index in [0.29, 0.717) is 0 Å². The molecule has 1 aromatic carbocycles. The zero-order valence-electron chi connectivity index (χ0n) is 11.1. The van der Waals surface area contributed by atoms with Gasteiger partial charge in [-0.1, -0.05) is 62.9 Å². The van der Waals surface area contributed by atoms with Gasteiger partial charge >= 0.3 is 0 Å². The number of nitrogens with zero attached hydrogens (tertiary/aromatic N) is 2. The van der Waals surface area contributed by atoms with Gasteiger partial charge in [0.05, 0.1) is 11.4 Å². The summed E-state index contributed by atoms with van der Waals surface area (Å²) in [5, 5.41) is 1.18. The van der Waals surface area contributed by atoms with E-state index in [0.717, 1.165) is 18.0 Å². The Labute approximate surface area is 112 Å². The molecule has 94 valence electrons. The third kappa shape index (κ3) is 1.87. The summed E-state index contributed by atoms with van der Waals surface area (Å²) < 4.78 is 2.40. The van der Waals surface area contributed by atoms with Crippen LogP contribution in [0.5, 0.6) is 0 Å². The smallest absolute Gasteiger partial charge is 0.168 e. The quantitative estimate of drug-likeness (QED) is 0.770. The Balaban J connectivity index is 2.22. The van der Waals surface area contributed by atoms with Crippen molar-refractivity contribution in [2.24, 2.45) is 0 Å². The first-order valence-electron chi connectivity index (χ1n) is 6.36. The van der Waals surface area contributed by atoms with Crippen LogP contribution in [0.4, 0.5) is 0 Å². The maximum Gasteiger partial charge on any atom is 0.168 e. The van der Waals surface area contributed by atoms with Gasteiger partial charge in [-0.3, -0.25) is 0 Å². The van der Waals surface area contributed by atoms with Crippen LogP contribution in [0.3, 0.4) is 0 Å². The molecular formula is C15H18N2S. The summed E-state index contributed by atoms with van der Waals surface area (Å²) in [6, 6.07) is 10.5. The molecule has 0 radical (unpaired) electrons. The largest absolute Gasteiger partial charge is 0.321 e. The van der Waals surface area contributed by atoms with Gasteiger partial charge in [0.1, 0.15) is 0 Å². The third-order valence-electron chi connectivity index (χ3n) is 3.24. The molecule has 0 amide bonds. The van der Waals surface area contributed by atoms with E-state index in [1.807, 2.05) is 11.8 Å². The first-order valence-corrected chi connectivity index (χ1v) is 7.35. The fourth-order valence-electron chi connectivity index (χ4n) is 2.54. The van der Waals surface area contributed by atoms with Crippen molar-refractivity contribution in [2.45, 2.75) is 37.9 Å². The van der Waals surface area contributed by atoms with Crippen molar-refractivity contribution in [3.63, 3.8) is 0 Å². The Morgan fingerprint density at radius 2 is 1.89 bits per heavy atom. The summed E-state index contributed by atoms with van der Waals surface area (Å²) in [4.78, 5) is 4.85. The number of rotatable bonds is 1. The second kappa shape index (κ2) is 4.16. The van der Waals surface area contributed by atoms with Crippen LogP contribution in [0.15, 0.2) is 35.5 Å². The second-order valence-corrected chi connectivity index (χ2v) is 6.77. The van der Waals surface area contributed by atoms with Gasteiger partial charge in [0.25, 0.3) is 0 Å². The van der Waals surface area contributed by atoms with Gasteiger partial charge in [-0.05, 0) is 0 Å². The molecule has 1 aromatic heterocycles. The Kier molecular flexibility index (Phi) is 2.74. The number of benzene rings is 1. The molecule has 2 heterocycles. The minimum atomic E-state index is 0.126. The normalized spacial score (nSPS) is 14.8. The van der Waals surface area contributed by atoms with Gasteiger partial charge in [-0.2, -0.15) is 0 Å². The van der Waals surface area contributed by atoms with Crippen molar-refractivity contribution in [1.82, 2.24) is 9.55 Å². The molecule has 0 aliphatic carbocycles. The van der Waals surface area contributed by atoms with E-state index in [4.69, 9.17) is 4.98 Å². The van der Waals surface area contributed by atoms with Crippen molar-refractivity contribution >= 4 is 11.8 Å². The zero-order valence-corrected chi connectivity index (χ0v) is 11.9. The van der Waals surface area contributed by atoms with Crippen LogP contribution >= 0.6 is 11.8 Å². The van der Waals surface area contributed by atoms with Crippen LogP contribution in [-0.4, -0.2) is 15.3 Å². The van der Waals surface area contributed by atoms with E-state index < -0.39 is 0 Å². The molecule has 1 aliphatic rings. The molecule has 2 aromatic rings. The van der Waals surface area contributed by atoms with Gasteiger partial charge < -0.3 is 4.57 Å². The third-order valence-corrected chi connectivity index (χ3v) is 4.19. The second-order valence-electron chi connectivity index (χ2n) is 5.71. The molecule has 0 saturated carbocycles. The molecule has 1 aliphatic heterocycles. The average Bonchev–Trinajstić information content (AvgIpc) is 2.87. The molecule has 0 bridgehead atoms. The molecule has 3 heteroatoms. The Morgan fingerprint density at radius 1 is 1.17 bits per heavy atom. The lowest BCUT2D eigenvalue weighted by Gasteiger charge is -2.22. The molecule has 0 unspecified atom stereocenters.